The lowest BCUT2D eigenvalue weighted by molar-refractivity contribution is -0.139. The molecule has 0 spiro atoms. The number of benzene rings is 3. The van der Waals surface area contributed by atoms with Crippen LogP contribution in [0.25, 0.3) is 5.76 Å². The number of para-hydroxylation sites is 1. The first-order valence-corrected chi connectivity index (χ1v) is 13.9. The van der Waals surface area contributed by atoms with Gasteiger partial charge in [-0.2, -0.15) is 0 Å². The van der Waals surface area contributed by atoms with Crippen LogP contribution in [0.3, 0.4) is 0 Å². The lowest BCUT2D eigenvalue weighted by atomic mass is 9.95. The van der Waals surface area contributed by atoms with Gasteiger partial charge in [-0.25, -0.2) is 0 Å². The third-order valence-corrected chi connectivity index (χ3v) is 6.84. The predicted octanol–water partition coefficient (Wildman–Crippen LogP) is 6.42. The normalized spacial score (nSPS) is 16.5. The molecule has 7 nitrogen and oxygen atoms in total. The van der Waals surface area contributed by atoms with Crippen molar-refractivity contribution >= 4 is 17.4 Å². The summed E-state index contributed by atoms with van der Waals surface area (Å²) in [6.07, 6.45) is 3.87. The Morgan fingerprint density at radius 2 is 1.60 bits per heavy atom. The molecular weight excluding hydrogens is 504 g/mol. The third kappa shape index (κ3) is 7.10. The van der Waals surface area contributed by atoms with Crippen LogP contribution in [0, 0.1) is 0 Å². The second-order valence-electron chi connectivity index (χ2n) is 10.2. The summed E-state index contributed by atoms with van der Waals surface area (Å²) >= 11 is 0. The molecule has 1 unspecified atom stereocenters. The first-order chi connectivity index (χ1) is 19.4. The van der Waals surface area contributed by atoms with Crippen LogP contribution in [-0.4, -0.2) is 60.4 Å². The number of unbranched alkanes of at least 4 members (excludes halogenated alkanes) is 2. The van der Waals surface area contributed by atoms with E-state index in [1.165, 1.54) is 0 Å². The third-order valence-electron chi connectivity index (χ3n) is 6.84. The minimum Gasteiger partial charge on any atom is -0.507 e. The molecule has 1 atom stereocenters. The molecule has 0 aromatic heterocycles. The number of hydrogen-bond donors (Lipinski definition) is 1. The molecule has 1 aliphatic heterocycles. The lowest BCUT2D eigenvalue weighted by Crippen LogP contribution is -2.32. The summed E-state index contributed by atoms with van der Waals surface area (Å²) < 4.78 is 11.8. The zero-order valence-electron chi connectivity index (χ0n) is 23.5. The lowest BCUT2D eigenvalue weighted by Gasteiger charge is -2.26. The number of likely N-dealkylation sites (tertiary alicyclic amines) is 1. The van der Waals surface area contributed by atoms with Gasteiger partial charge in [0.15, 0.2) is 0 Å². The van der Waals surface area contributed by atoms with Crippen molar-refractivity contribution in [1.82, 2.24) is 9.80 Å². The number of ketones is 1. The van der Waals surface area contributed by atoms with E-state index in [1.807, 2.05) is 73.6 Å². The Hall–Kier alpha value is -4.10. The van der Waals surface area contributed by atoms with Crippen molar-refractivity contribution < 1.29 is 24.2 Å². The summed E-state index contributed by atoms with van der Waals surface area (Å²) in [6, 6.07) is 23.0. The maximum atomic E-state index is 13.4. The van der Waals surface area contributed by atoms with Crippen LogP contribution < -0.4 is 9.47 Å². The van der Waals surface area contributed by atoms with Crippen molar-refractivity contribution in [2.24, 2.45) is 0 Å². The fourth-order valence-corrected chi connectivity index (χ4v) is 4.79. The maximum Gasteiger partial charge on any atom is 0.295 e. The van der Waals surface area contributed by atoms with Crippen LogP contribution in [-0.2, 0) is 9.59 Å². The molecule has 1 amide bonds. The Balaban J connectivity index is 1.68. The molecule has 4 rings (SSSR count). The Bertz CT molecular complexity index is 1320. The number of nitrogens with zero attached hydrogens (tertiary/aromatic N) is 2. The molecule has 1 fully saturated rings. The van der Waals surface area contributed by atoms with Crippen LogP contribution >= 0.6 is 0 Å². The number of aliphatic hydroxyl groups excluding tert-OH is 1. The van der Waals surface area contributed by atoms with E-state index >= 15 is 0 Å². The van der Waals surface area contributed by atoms with Gasteiger partial charge in [0.2, 0.25) is 0 Å². The highest BCUT2D eigenvalue weighted by molar-refractivity contribution is 6.46. The molecular formula is C33H38N2O5. The summed E-state index contributed by atoms with van der Waals surface area (Å²) in [4.78, 5) is 30.3. The van der Waals surface area contributed by atoms with Gasteiger partial charge in [0.25, 0.3) is 11.7 Å². The smallest absolute Gasteiger partial charge is 0.295 e. The Morgan fingerprint density at radius 1 is 0.875 bits per heavy atom. The van der Waals surface area contributed by atoms with Crippen LogP contribution in [0.1, 0.15) is 49.8 Å². The summed E-state index contributed by atoms with van der Waals surface area (Å²) in [5.41, 5.74) is 1.21. The van der Waals surface area contributed by atoms with E-state index in [-0.39, 0.29) is 11.3 Å². The van der Waals surface area contributed by atoms with E-state index in [9.17, 15) is 14.7 Å². The van der Waals surface area contributed by atoms with Crippen molar-refractivity contribution in [3.63, 3.8) is 0 Å². The first kappa shape index (κ1) is 28.9. The van der Waals surface area contributed by atoms with Crippen molar-refractivity contribution in [2.45, 2.75) is 38.6 Å². The second kappa shape index (κ2) is 13.8. The minimum atomic E-state index is -0.744. The molecule has 0 bridgehead atoms. The quantitative estimate of drug-likeness (QED) is 0.116. The van der Waals surface area contributed by atoms with Crippen LogP contribution in [0.4, 0.5) is 0 Å². The number of Topliss-reactive ketones (excluding diaryl/α,β-unsaturated/α-hetero) is 1. The van der Waals surface area contributed by atoms with Gasteiger partial charge in [-0.1, -0.05) is 50.1 Å². The van der Waals surface area contributed by atoms with Crippen molar-refractivity contribution in [1.29, 1.82) is 0 Å². The fraction of sp³-hybridized carbons (Fsp3) is 0.333. The highest BCUT2D eigenvalue weighted by Crippen LogP contribution is 2.41. The molecule has 0 saturated carbocycles. The standard InChI is InChI=1S/C33H38N2O5/c1-4-5-9-22-39-26-18-16-24(17-19-26)31(36)29-30(35(33(38)32(29)37)21-11-20-34(2)3)25-12-10-15-28(23-25)40-27-13-7-6-8-14-27/h6-8,10,12-19,23,30,36H,4-5,9,11,20-22H2,1-3H3/b31-29-. The summed E-state index contributed by atoms with van der Waals surface area (Å²) in [6.45, 7) is 3.90. The van der Waals surface area contributed by atoms with Crippen molar-refractivity contribution in [2.75, 3.05) is 33.8 Å². The van der Waals surface area contributed by atoms with Crippen LogP contribution in [0.5, 0.6) is 17.2 Å². The van der Waals surface area contributed by atoms with E-state index in [0.717, 1.165) is 25.8 Å². The highest BCUT2D eigenvalue weighted by Gasteiger charge is 2.45. The van der Waals surface area contributed by atoms with E-state index < -0.39 is 17.7 Å². The number of carbonyl (C=O) groups excluding carboxylic acids is 2. The number of aliphatic hydroxyl groups is 1. The van der Waals surface area contributed by atoms with E-state index in [1.54, 1.807) is 29.2 Å². The highest BCUT2D eigenvalue weighted by atomic mass is 16.5. The molecule has 3 aromatic carbocycles. The predicted molar refractivity (Wildman–Crippen MR) is 157 cm³/mol. The SMILES string of the molecule is CCCCCOc1ccc(/C(O)=C2/C(=O)C(=O)N(CCCN(C)C)C2c2cccc(Oc3ccccc3)c2)cc1. The van der Waals surface area contributed by atoms with Crippen LogP contribution in [0.15, 0.2) is 84.4 Å². The Kier molecular flexibility index (Phi) is 9.97. The number of ether oxygens (including phenoxy) is 2. The van der Waals surface area contributed by atoms with Gasteiger partial charge < -0.3 is 24.4 Å². The molecule has 3 aromatic rings. The molecule has 1 aliphatic rings. The zero-order valence-corrected chi connectivity index (χ0v) is 23.5. The summed E-state index contributed by atoms with van der Waals surface area (Å²) in [7, 11) is 3.93. The van der Waals surface area contributed by atoms with Gasteiger partial charge in [-0.05, 0) is 87.6 Å². The second-order valence-corrected chi connectivity index (χ2v) is 10.2. The molecule has 0 aliphatic carbocycles. The molecule has 0 radical (unpaired) electrons. The monoisotopic (exact) mass is 542 g/mol. The van der Waals surface area contributed by atoms with Gasteiger partial charge >= 0.3 is 0 Å². The average molecular weight is 543 g/mol. The Morgan fingerprint density at radius 3 is 2.30 bits per heavy atom. The largest absolute Gasteiger partial charge is 0.507 e. The topological polar surface area (TPSA) is 79.3 Å². The summed E-state index contributed by atoms with van der Waals surface area (Å²) in [5, 5.41) is 11.4. The Labute approximate surface area is 236 Å². The van der Waals surface area contributed by atoms with E-state index in [0.29, 0.717) is 47.9 Å². The number of amides is 1. The van der Waals surface area contributed by atoms with Gasteiger partial charge in [0, 0.05) is 12.1 Å². The molecule has 40 heavy (non-hydrogen) atoms. The average Bonchev–Trinajstić information content (AvgIpc) is 3.21. The maximum absolute atomic E-state index is 13.4. The fourth-order valence-electron chi connectivity index (χ4n) is 4.79. The first-order valence-electron chi connectivity index (χ1n) is 13.9. The van der Waals surface area contributed by atoms with Gasteiger partial charge in [-0.3, -0.25) is 9.59 Å². The van der Waals surface area contributed by atoms with E-state index in [4.69, 9.17) is 9.47 Å². The zero-order chi connectivity index (χ0) is 28.5. The van der Waals surface area contributed by atoms with Crippen molar-refractivity contribution in [3.8, 4) is 17.2 Å². The minimum absolute atomic E-state index is 0.0725. The van der Waals surface area contributed by atoms with Gasteiger partial charge in [0.05, 0.1) is 18.2 Å². The molecule has 1 heterocycles. The summed E-state index contributed by atoms with van der Waals surface area (Å²) in [5.74, 6) is 0.436. The molecule has 1 saturated heterocycles. The van der Waals surface area contributed by atoms with E-state index in [2.05, 4.69) is 6.92 Å². The van der Waals surface area contributed by atoms with Crippen molar-refractivity contribution in [3.05, 3.63) is 95.6 Å². The van der Waals surface area contributed by atoms with Gasteiger partial charge in [-0.15, -0.1) is 0 Å². The molecule has 1 N–H and O–H groups in total. The molecule has 7 heteroatoms. The molecule has 210 valence electrons. The number of rotatable bonds is 13. The number of carbonyl (C=O) groups is 2. The van der Waals surface area contributed by atoms with Gasteiger partial charge in [0.1, 0.15) is 23.0 Å². The number of hydrogen-bond acceptors (Lipinski definition) is 6. The van der Waals surface area contributed by atoms with Crippen LogP contribution in [0.2, 0.25) is 0 Å².